The van der Waals surface area contributed by atoms with Gasteiger partial charge >= 0.3 is 6.03 Å². The van der Waals surface area contributed by atoms with Gasteiger partial charge in [-0.25, -0.2) is 4.79 Å². The van der Waals surface area contributed by atoms with Crippen molar-refractivity contribution in [3.8, 4) is 5.75 Å². The molecule has 142 valence electrons. The van der Waals surface area contributed by atoms with E-state index in [1.54, 1.807) is 24.3 Å². The van der Waals surface area contributed by atoms with Crippen molar-refractivity contribution in [1.29, 1.82) is 0 Å². The minimum absolute atomic E-state index is 0.0748. The Hall–Kier alpha value is -3.20. The number of rotatable bonds is 6. The van der Waals surface area contributed by atoms with Crippen LogP contribution in [0.25, 0.3) is 6.08 Å². The Balaban J connectivity index is 1.50. The van der Waals surface area contributed by atoms with Gasteiger partial charge in [-0.05, 0) is 36.6 Å². The van der Waals surface area contributed by atoms with Gasteiger partial charge in [0.25, 0.3) is 17.7 Å². The summed E-state index contributed by atoms with van der Waals surface area (Å²) in [7, 11) is 0. The second-order valence-electron chi connectivity index (χ2n) is 6.09. The molecule has 0 aliphatic carbocycles. The van der Waals surface area contributed by atoms with Gasteiger partial charge in [-0.2, -0.15) is 0 Å². The molecule has 2 fully saturated rings. The first-order valence-electron chi connectivity index (χ1n) is 8.51. The fourth-order valence-electron chi connectivity index (χ4n) is 2.67. The fourth-order valence-corrected chi connectivity index (χ4v) is 2.67. The van der Waals surface area contributed by atoms with Crippen LogP contribution in [0, 0.1) is 0 Å². The molecule has 1 aromatic carbocycles. The van der Waals surface area contributed by atoms with Gasteiger partial charge in [-0.3, -0.25) is 25.0 Å². The molecule has 0 saturated carbocycles. The Morgan fingerprint density at radius 2 is 1.89 bits per heavy atom. The van der Waals surface area contributed by atoms with Gasteiger partial charge in [0.15, 0.2) is 6.61 Å². The van der Waals surface area contributed by atoms with Crippen molar-refractivity contribution >= 4 is 29.8 Å². The topological polar surface area (TPSA) is 123 Å². The summed E-state index contributed by atoms with van der Waals surface area (Å²) in [5.41, 5.74) is 0.400. The van der Waals surface area contributed by atoms with E-state index < -0.39 is 17.8 Å². The number of benzene rings is 1. The molecule has 5 amide bonds. The van der Waals surface area contributed by atoms with Crippen LogP contribution in [0.4, 0.5) is 4.79 Å². The van der Waals surface area contributed by atoms with E-state index in [9.17, 15) is 19.2 Å². The van der Waals surface area contributed by atoms with Crippen LogP contribution in [0.15, 0.2) is 29.8 Å². The third-order valence-electron chi connectivity index (χ3n) is 4.06. The van der Waals surface area contributed by atoms with Crippen molar-refractivity contribution in [2.24, 2.45) is 0 Å². The smallest absolute Gasteiger partial charge is 0.328 e. The lowest BCUT2D eigenvalue weighted by atomic mass is 10.1. The number of barbiturate groups is 1. The maximum absolute atomic E-state index is 11.8. The van der Waals surface area contributed by atoms with Crippen LogP contribution in [0.1, 0.15) is 18.4 Å². The molecule has 2 aliphatic heterocycles. The molecule has 3 rings (SSSR count). The highest BCUT2D eigenvalue weighted by Crippen LogP contribution is 2.16. The standard InChI is InChI=1S/C18H19N3O6/c22-15(19-9-13-2-1-7-26-13)10-27-12-5-3-11(4-6-12)8-14-16(23)20-18(25)21-17(14)24/h3-6,8,13H,1-2,7,9-10H2,(H,19,22)(H2,20,21,23,24,25). The SMILES string of the molecule is O=C(COc1ccc(C=C2C(=O)NC(=O)NC2=O)cc1)NCC1CCCO1. The Labute approximate surface area is 155 Å². The van der Waals surface area contributed by atoms with E-state index in [2.05, 4.69) is 5.32 Å². The van der Waals surface area contributed by atoms with Gasteiger partial charge in [0.05, 0.1) is 6.10 Å². The third kappa shape index (κ3) is 5.14. The molecule has 0 bridgehead atoms. The molecule has 2 saturated heterocycles. The molecule has 2 heterocycles. The molecule has 1 atom stereocenters. The summed E-state index contributed by atoms with van der Waals surface area (Å²) in [6, 6.07) is 5.64. The molecule has 0 spiro atoms. The molecular weight excluding hydrogens is 354 g/mol. The van der Waals surface area contributed by atoms with Crippen LogP contribution >= 0.6 is 0 Å². The number of ether oxygens (including phenoxy) is 2. The number of carbonyl (C=O) groups excluding carboxylic acids is 4. The summed E-state index contributed by atoms with van der Waals surface area (Å²) in [5, 5.41) is 6.76. The van der Waals surface area contributed by atoms with Crippen molar-refractivity contribution in [3.63, 3.8) is 0 Å². The van der Waals surface area contributed by atoms with Crippen molar-refractivity contribution in [2.75, 3.05) is 19.8 Å². The van der Waals surface area contributed by atoms with E-state index in [4.69, 9.17) is 9.47 Å². The summed E-state index contributed by atoms with van der Waals surface area (Å²) >= 11 is 0. The molecule has 0 aromatic heterocycles. The second kappa shape index (κ2) is 8.45. The third-order valence-corrected chi connectivity index (χ3v) is 4.06. The average Bonchev–Trinajstić information content (AvgIpc) is 3.16. The van der Waals surface area contributed by atoms with Crippen LogP contribution in [-0.2, 0) is 19.1 Å². The number of nitrogens with one attached hydrogen (secondary N) is 3. The fraction of sp³-hybridized carbons (Fsp3) is 0.333. The van der Waals surface area contributed by atoms with Crippen molar-refractivity contribution < 1.29 is 28.7 Å². The van der Waals surface area contributed by atoms with E-state index >= 15 is 0 Å². The number of hydrogen-bond donors (Lipinski definition) is 3. The Morgan fingerprint density at radius 1 is 1.19 bits per heavy atom. The zero-order valence-electron chi connectivity index (χ0n) is 14.4. The summed E-state index contributed by atoms with van der Waals surface area (Å²) in [6.45, 7) is 1.08. The van der Waals surface area contributed by atoms with Gasteiger partial charge in [-0.15, -0.1) is 0 Å². The van der Waals surface area contributed by atoms with Crippen molar-refractivity contribution in [2.45, 2.75) is 18.9 Å². The molecule has 2 aliphatic rings. The summed E-state index contributed by atoms with van der Waals surface area (Å²) in [6.07, 6.45) is 3.39. The van der Waals surface area contributed by atoms with Crippen LogP contribution in [0.5, 0.6) is 5.75 Å². The Bertz CT molecular complexity index is 759. The predicted octanol–water partition coefficient (Wildman–Crippen LogP) is 0.110. The first-order chi connectivity index (χ1) is 13.0. The van der Waals surface area contributed by atoms with Crippen LogP contribution in [0.3, 0.4) is 0 Å². The van der Waals surface area contributed by atoms with E-state index in [1.165, 1.54) is 6.08 Å². The lowest BCUT2D eigenvalue weighted by Crippen LogP contribution is -2.51. The lowest BCUT2D eigenvalue weighted by molar-refractivity contribution is -0.124. The zero-order chi connectivity index (χ0) is 19.2. The molecule has 1 aromatic rings. The molecule has 1 unspecified atom stereocenters. The number of imide groups is 2. The highest BCUT2D eigenvalue weighted by molar-refractivity contribution is 6.31. The van der Waals surface area contributed by atoms with Crippen molar-refractivity contribution in [1.82, 2.24) is 16.0 Å². The highest BCUT2D eigenvalue weighted by Gasteiger charge is 2.27. The van der Waals surface area contributed by atoms with Crippen LogP contribution in [0.2, 0.25) is 0 Å². The van der Waals surface area contributed by atoms with Gasteiger partial charge in [0.1, 0.15) is 11.3 Å². The minimum atomic E-state index is -0.844. The quantitative estimate of drug-likeness (QED) is 0.480. The van der Waals surface area contributed by atoms with Crippen molar-refractivity contribution in [3.05, 3.63) is 35.4 Å². The number of hydrogen-bond acceptors (Lipinski definition) is 6. The monoisotopic (exact) mass is 373 g/mol. The molecular formula is C18H19N3O6. The van der Waals surface area contributed by atoms with Gasteiger partial charge in [0.2, 0.25) is 0 Å². The average molecular weight is 373 g/mol. The number of urea groups is 1. The maximum Gasteiger partial charge on any atom is 0.328 e. The normalized spacial score (nSPS) is 19.3. The van der Waals surface area contributed by atoms with E-state index in [0.29, 0.717) is 17.9 Å². The summed E-state index contributed by atoms with van der Waals surface area (Å²) < 4.78 is 10.8. The van der Waals surface area contributed by atoms with Gasteiger partial charge < -0.3 is 14.8 Å². The minimum Gasteiger partial charge on any atom is -0.484 e. The molecule has 3 N–H and O–H groups in total. The Morgan fingerprint density at radius 3 is 2.52 bits per heavy atom. The second-order valence-corrected chi connectivity index (χ2v) is 6.09. The molecule has 0 radical (unpaired) electrons. The van der Waals surface area contributed by atoms with Crippen LogP contribution in [-0.4, -0.2) is 49.6 Å². The van der Waals surface area contributed by atoms with E-state index in [1.807, 2.05) is 10.6 Å². The number of carbonyl (C=O) groups is 4. The number of amides is 5. The Kier molecular flexibility index (Phi) is 5.82. The first kappa shape index (κ1) is 18.6. The van der Waals surface area contributed by atoms with Crippen LogP contribution < -0.4 is 20.7 Å². The molecule has 27 heavy (non-hydrogen) atoms. The molecule has 9 nitrogen and oxygen atoms in total. The van der Waals surface area contributed by atoms with E-state index in [-0.39, 0.29) is 24.2 Å². The lowest BCUT2D eigenvalue weighted by Gasteiger charge is -2.14. The highest BCUT2D eigenvalue weighted by atomic mass is 16.5. The summed E-state index contributed by atoms with van der Waals surface area (Å²) in [4.78, 5) is 46.2. The first-order valence-corrected chi connectivity index (χ1v) is 8.51. The van der Waals surface area contributed by atoms with Gasteiger partial charge in [-0.1, -0.05) is 12.1 Å². The summed E-state index contributed by atoms with van der Waals surface area (Å²) in [5.74, 6) is -1.28. The van der Waals surface area contributed by atoms with Gasteiger partial charge in [0, 0.05) is 13.2 Å². The molecule has 9 heteroatoms. The zero-order valence-corrected chi connectivity index (χ0v) is 14.4. The van der Waals surface area contributed by atoms with E-state index in [0.717, 1.165) is 19.4 Å². The largest absolute Gasteiger partial charge is 0.484 e. The predicted molar refractivity (Wildman–Crippen MR) is 93.6 cm³/mol. The maximum atomic E-state index is 11.8.